The van der Waals surface area contributed by atoms with E-state index < -0.39 is 12.0 Å². The van der Waals surface area contributed by atoms with E-state index in [1.54, 1.807) is 4.90 Å². The number of carbonyl (C=O) groups excluding carboxylic acids is 1. The number of carboxylic acids is 1. The van der Waals surface area contributed by atoms with E-state index in [9.17, 15) is 14.7 Å². The second kappa shape index (κ2) is 5.36. The molecule has 108 valence electrons. The molecule has 6 nitrogen and oxygen atoms in total. The molecule has 0 aromatic rings. The molecule has 2 unspecified atom stereocenters. The molecule has 2 aliphatic heterocycles. The summed E-state index contributed by atoms with van der Waals surface area (Å²) in [6.07, 6.45) is 0.741. The van der Waals surface area contributed by atoms with E-state index >= 15 is 0 Å². The van der Waals surface area contributed by atoms with Crippen LogP contribution in [0.1, 0.15) is 27.2 Å². The predicted molar refractivity (Wildman–Crippen MR) is 68.9 cm³/mol. The Morgan fingerprint density at radius 1 is 1.16 bits per heavy atom. The number of morpholine rings is 1. The monoisotopic (exact) mass is 270 g/mol. The van der Waals surface area contributed by atoms with Crippen LogP contribution in [0.2, 0.25) is 0 Å². The van der Waals surface area contributed by atoms with Crippen molar-refractivity contribution in [2.45, 2.75) is 45.4 Å². The van der Waals surface area contributed by atoms with Gasteiger partial charge in [-0.2, -0.15) is 0 Å². The minimum Gasteiger partial charge on any atom is -0.480 e. The van der Waals surface area contributed by atoms with E-state index in [1.165, 1.54) is 4.90 Å². The van der Waals surface area contributed by atoms with Crippen LogP contribution >= 0.6 is 0 Å². The Kier molecular flexibility index (Phi) is 3.99. The minimum absolute atomic E-state index is 0.00370. The number of hydrogen-bond acceptors (Lipinski definition) is 3. The number of nitrogens with zero attached hydrogens (tertiary/aromatic N) is 2. The highest BCUT2D eigenvalue weighted by molar-refractivity contribution is 5.83. The van der Waals surface area contributed by atoms with Gasteiger partial charge in [-0.15, -0.1) is 0 Å². The van der Waals surface area contributed by atoms with Crippen LogP contribution in [0, 0.1) is 5.92 Å². The summed E-state index contributed by atoms with van der Waals surface area (Å²) < 4.78 is 5.60. The molecule has 0 radical (unpaired) electrons. The molecular formula is C13H22N2O4. The average Bonchev–Trinajstić information content (AvgIpc) is 2.68. The number of carboxylic acid groups (broad SMARTS) is 1. The topological polar surface area (TPSA) is 70.1 Å². The van der Waals surface area contributed by atoms with E-state index in [0.29, 0.717) is 19.6 Å². The molecule has 6 heteroatoms. The van der Waals surface area contributed by atoms with Crippen LogP contribution < -0.4 is 0 Å². The van der Waals surface area contributed by atoms with E-state index in [-0.39, 0.29) is 24.2 Å². The average molecular weight is 270 g/mol. The van der Waals surface area contributed by atoms with Crippen LogP contribution in [-0.2, 0) is 9.53 Å². The van der Waals surface area contributed by atoms with Crippen LogP contribution in [0.25, 0.3) is 0 Å². The maximum atomic E-state index is 12.5. The standard InChI is InChI=1S/C13H22N2O4/c1-8-4-5-15(11(8)12(16)17)13(18)14-6-9(2)19-10(3)7-14/h8-11H,4-7H2,1-3H3,(H,16,17)/t8?,9-,10+,11?. The SMILES string of the molecule is CC1CCN(C(=O)N2C[C@@H](C)O[C@@H](C)C2)C1C(=O)O. The Morgan fingerprint density at radius 2 is 1.74 bits per heavy atom. The smallest absolute Gasteiger partial charge is 0.326 e. The van der Waals surface area contributed by atoms with Crippen molar-refractivity contribution in [1.82, 2.24) is 9.80 Å². The first-order valence-corrected chi connectivity index (χ1v) is 6.84. The number of ether oxygens (including phenoxy) is 1. The number of hydrogen-bond donors (Lipinski definition) is 1. The molecule has 0 saturated carbocycles. The summed E-state index contributed by atoms with van der Waals surface area (Å²) in [7, 11) is 0. The van der Waals surface area contributed by atoms with Gasteiger partial charge in [-0.05, 0) is 26.2 Å². The Bertz CT molecular complexity index is 364. The number of aliphatic carboxylic acids is 1. The van der Waals surface area contributed by atoms with Crippen molar-refractivity contribution >= 4 is 12.0 Å². The first-order chi connectivity index (χ1) is 8.90. The molecule has 2 heterocycles. The maximum Gasteiger partial charge on any atom is 0.326 e. The van der Waals surface area contributed by atoms with Gasteiger partial charge in [0.2, 0.25) is 0 Å². The van der Waals surface area contributed by atoms with Gasteiger partial charge in [-0.25, -0.2) is 9.59 Å². The molecule has 2 amide bonds. The van der Waals surface area contributed by atoms with Crippen molar-refractivity contribution < 1.29 is 19.4 Å². The van der Waals surface area contributed by atoms with Gasteiger partial charge in [0.25, 0.3) is 0 Å². The van der Waals surface area contributed by atoms with Crippen LogP contribution in [0.15, 0.2) is 0 Å². The van der Waals surface area contributed by atoms with Crippen LogP contribution in [-0.4, -0.2) is 64.8 Å². The molecule has 2 rings (SSSR count). The summed E-state index contributed by atoms with van der Waals surface area (Å²) in [4.78, 5) is 27.0. The first-order valence-electron chi connectivity index (χ1n) is 6.84. The zero-order valence-electron chi connectivity index (χ0n) is 11.7. The second-order valence-corrected chi connectivity index (χ2v) is 5.69. The van der Waals surface area contributed by atoms with Crippen molar-refractivity contribution in [3.05, 3.63) is 0 Å². The number of urea groups is 1. The third-order valence-electron chi connectivity index (χ3n) is 3.89. The molecule has 0 spiro atoms. The van der Waals surface area contributed by atoms with Crippen molar-refractivity contribution in [1.29, 1.82) is 0 Å². The molecule has 0 aliphatic carbocycles. The predicted octanol–water partition coefficient (Wildman–Crippen LogP) is 1.01. The second-order valence-electron chi connectivity index (χ2n) is 5.69. The Hall–Kier alpha value is -1.30. The molecule has 2 fully saturated rings. The van der Waals surface area contributed by atoms with Gasteiger partial charge in [0, 0.05) is 19.6 Å². The largest absolute Gasteiger partial charge is 0.480 e. The first kappa shape index (κ1) is 14.1. The van der Waals surface area contributed by atoms with Crippen molar-refractivity contribution in [2.24, 2.45) is 5.92 Å². The fourth-order valence-corrected chi connectivity index (χ4v) is 3.05. The third kappa shape index (κ3) is 2.83. The summed E-state index contributed by atoms with van der Waals surface area (Å²) >= 11 is 0. The highest BCUT2D eigenvalue weighted by Gasteiger charge is 2.42. The molecule has 0 aromatic heterocycles. The Morgan fingerprint density at radius 3 is 2.26 bits per heavy atom. The fraction of sp³-hybridized carbons (Fsp3) is 0.846. The van der Waals surface area contributed by atoms with E-state index in [4.69, 9.17) is 4.74 Å². The number of carbonyl (C=O) groups is 2. The summed E-state index contributed by atoms with van der Waals surface area (Å²) in [5.74, 6) is -0.898. The molecule has 4 atom stereocenters. The highest BCUT2D eigenvalue weighted by Crippen LogP contribution is 2.26. The van der Waals surface area contributed by atoms with Crippen LogP contribution in [0.4, 0.5) is 4.79 Å². The highest BCUT2D eigenvalue weighted by atomic mass is 16.5. The fourth-order valence-electron chi connectivity index (χ4n) is 3.05. The number of likely N-dealkylation sites (tertiary alicyclic amines) is 1. The molecule has 1 N–H and O–H groups in total. The third-order valence-corrected chi connectivity index (χ3v) is 3.89. The Labute approximate surface area is 113 Å². The molecular weight excluding hydrogens is 248 g/mol. The van der Waals surface area contributed by atoms with Gasteiger partial charge in [0.15, 0.2) is 0 Å². The normalized spacial score (nSPS) is 35.5. The lowest BCUT2D eigenvalue weighted by atomic mass is 10.0. The van der Waals surface area contributed by atoms with Gasteiger partial charge < -0.3 is 19.6 Å². The van der Waals surface area contributed by atoms with Gasteiger partial charge in [-0.3, -0.25) is 0 Å². The summed E-state index contributed by atoms with van der Waals surface area (Å²) in [5.41, 5.74) is 0. The lowest BCUT2D eigenvalue weighted by Crippen LogP contribution is -2.55. The van der Waals surface area contributed by atoms with E-state index in [1.807, 2.05) is 20.8 Å². The lowest BCUT2D eigenvalue weighted by molar-refractivity contribution is -0.142. The van der Waals surface area contributed by atoms with Gasteiger partial charge >= 0.3 is 12.0 Å². The zero-order chi connectivity index (χ0) is 14.2. The molecule has 2 saturated heterocycles. The lowest BCUT2D eigenvalue weighted by Gasteiger charge is -2.38. The zero-order valence-corrected chi connectivity index (χ0v) is 11.7. The van der Waals surface area contributed by atoms with Crippen LogP contribution in [0.5, 0.6) is 0 Å². The quantitative estimate of drug-likeness (QED) is 0.772. The van der Waals surface area contributed by atoms with Gasteiger partial charge in [0.1, 0.15) is 6.04 Å². The maximum absolute atomic E-state index is 12.5. The van der Waals surface area contributed by atoms with Crippen molar-refractivity contribution in [2.75, 3.05) is 19.6 Å². The summed E-state index contributed by atoms with van der Waals surface area (Å²) in [5, 5.41) is 9.27. The Balaban J connectivity index is 2.08. The summed E-state index contributed by atoms with van der Waals surface area (Å²) in [6.45, 7) is 7.32. The van der Waals surface area contributed by atoms with Gasteiger partial charge in [0.05, 0.1) is 12.2 Å². The van der Waals surface area contributed by atoms with Crippen molar-refractivity contribution in [3.63, 3.8) is 0 Å². The van der Waals surface area contributed by atoms with E-state index in [0.717, 1.165) is 6.42 Å². The van der Waals surface area contributed by atoms with E-state index in [2.05, 4.69) is 0 Å². The number of amides is 2. The van der Waals surface area contributed by atoms with Crippen molar-refractivity contribution in [3.8, 4) is 0 Å². The molecule has 2 aliphatic rings. The molecule has 0 aromatic carbocycles. The van der Waals surface area contributed by atoms with Crippen LogP contribution in [0.3, 0.4) is 0 Å². The summed E-state index contributed by atoms with van der Waals surface area (Å²) in [6, 6.07) is -0.861. The number of rotatable bonds is 1. The molecule has 19 heavy (non-hydrogen) atoms. The minimum atomic E-state index is -0.910. The van der Waals surface area contributed by atoms with Gasteiger partial charge in [-0.1, -0.05) is 6.92 Å². The molecule has 0 bridgehead atoms.